The molecule has 0 aromatic heterocycles. The number of rotatable bonds is 0. The molecule has 1 aliphatic rings. The molecule has 1 rings (SSSR count). The Morgan fingerprint density at radius 1 is 1.75 bits per heavy atom. The first-order valence-electron chi connectivity index (χ1n) is 1.95. The minimum Gasteiger partial charge on any atom is -0.372 e. The predicted molar refractivity (Wildman–Crippen MR) is 23.5 cm³/mol. The van der Waals surface area contributed by atoms with E-state index in [1.54, 1.807) is 0 Å². The van der Waals surface area contributed by atoms with Crippen LogP contribution in [-0.4, -0.2) is 18.2 Å². The van der Waals surface area contributed by atoms with Crippen molar-refractivity contribution in [1.29, 1.82) is 5.41 Å². The van der Waals surface area contributed by atoms with Crippen LogP contribution in [0.1, 0.15) is 0 Å². The van der Waals surface area contributed by atoms with E-state index in [0.717, 1.165) is 0 Å². The van der Waals surface area contributed by atoms with Crippen molar-refractivity contribution >= 4 is 11.6 Å². The highest BCUT2D eigenvalue weighted by atomic mass is 16.6. The summed E-state index contributed by atoms with van der Waals surface area (Å²) in [6.45, 7) is -0.0532. The molecule has 0 saturated carbocycles. The van der Waals surface area contributed by atoms with Crippen molar-refractivity contribution in [2.45, 2.75) is 0 Å². The SMILES string of the molecule is N=C1CON=NC1=O. The molecule has 0 bridgehead atoms. The smallest absolute Gasteiger partial charge is 0.315 e. The van der Waals surface area contributed by atoms with Crippen LogP contribution in [0.25, 0.3) is 0 Å². The topological polar surface area (TPSA) is 74.9 Å². The summed E-state index contributed by atoms with van der Waals surface area (Å²) in [7, 11) is 0. The molecule has 1 aliphatic heterocycles. The summed E-state index contributed by atoms with van der Waals surface area (Å²) in [4.78, 5) is 14.5. The third-order valence-corrected chi connectivity index (χ3v) is 0.656. The van der Waals surface area contributed by atoms with Gasteiger partial charge in [0.15, 0.2) is 6.61 Å². The van der Waals surface area contributed by atoms with E-state index in [1.165, 1.54) is 0 Å². The first-order valence-corrected chi connectivity index (χ1v) is 1.95. The molecule has 0 atom stereocenters. The lowest BCUT2D eigenvalue weighted by molar-refractivity contribution is -0.114. The van der Waals surface area contributed by atoms with Crippen LogP contribution in [0.5, 0.6) is 0 Å². The fourth-order valence-electron chi connectivity index (χ4n) is 0.281. The van der Waals surface area contributed by atoms with Crippen LogP contribution in [-0.2, 0) is 9.63 Å². The Balaban J connectivity index is 2.75. The van der Waals surface area contributed by atoms with E-state index in [1.807, 2.05) is 0 Å². The van der Waals surface area contributed by atoms with Crippen LogP contribution < -0.4 is 0 Å². The molecule has 8 heavy (non-hydrogen) atoms. The van der Waals surface area contributed by atoms with Crippen LogP contribution in [0, 0.1) is 5.41 Å². The molecule has 5 heteroatoms. The van der Waals surface area contributed by atoms with Crippen LogP contribution in [0.15, 0.2) is 10.4 Å². The number of amides is 1. The molecule has 0 fully saturated rings. The molecule has 0 unspecified atom stereocenters. The molecule has 0 aromatic rings. The monoisotopic (exact) mass is 113 g/mol. The Bertz CT molecular complexity index is 162. The van der Waals surface area contributed by atoms with Gasteiger partial charge in [0.1, 0.15) is 5.71 Å². The van der Waals surface area contributed by atoms with Crippen molar-refractivity contribution < 1.29 is 9.63 Å². The van der Waals surface area contributed by atoms with E-state index in [0.29, 0.717) is 0 Å². The second-order valence-corrected chi connectivity index (χ2v) is 1.24. The average Bonchev–Trinajstić information content (AvgIpc) is 1.77. The molecular formula is C3H3N3O2. The summed E-state index contributed by atoms with van der Waals surface area (Å²) in [5.74, 6) is -0.615. The van der Waals surface area contributed by atoms with E-state index in [4.69, 9.17) is 5.41 Å². The lowest BCUT2D eigenvalue weighted by atomic mass is 10.4. The van der Waals surface area contributed by atoms with Gasteiger partial charge in [-0.05, 0) is 0 Å². The van der Waals surface area contributed by atoms with E-state index < -0.39 is 5.91 Å². The van der Waals surface area contributed by atoms with Crippen molar-refractivity contribution in [2.75, 3.05) is 6.61 Å². The minimum absolute atomic E-state index is 0.0532. The zero-order valence-corrected chi connectivity index (χ0v) is 3.92. The van der Waals surface area contributed by atoms with Gasteiger partial charge in [0, 0.05) is 5.28 Å². The number of carbonyl (C=O) groups is 1. The number of nitrogens with one attached hydrogen (secondary N) is 1. The average molecular weight is 113 g/mol. The summed E-state index contributed by atoms with van der Waals surface area (Å²) in [6, 6.07) is 0. The molecule has 1 amide bonds. The van der Waals surface area contributed by atoms with Crippen LogP contribution >= 0.6 is 0 Å². The Morgan fingerprint density at radius 3 is 2.88 bits per heavy atom. The van der Waals surface area contributed by atoms with Crippen LogP contribution in [0.3, 0.4) is 0 Å². The lowest BCUT2D eigenvalue weighted by Crippen LogP contribution is -2.18. The number of hydrogen-bond acceptors (Lipinski definition) is 4. The molecule has 42 valence electrons. The Labute approximate surface area is 44.8 Å². The van der Waals surface area contributed by atoms with Gasteiger partial charge in [-0.3, -0.25) is 10.2 Å². The van der Waals surface area contributed by atoms with Crippen molar-refractivity contribution in [3.05, 3.63) is 0 Å². The fraction of sp³-hybridized carbons (Fsp3) is 0.333. The number of carbonyl (C=O) groups excluding carboxylic acids is 1. The maximum Gasteiger partial charge on any atom is 0.315 e. The highest BCUT2D eigenvalue weighted by Crippen LogP contribution is 1.92. The largest absolute Gasteiger partial charge is 0.372 e. The summed E-state index contributed by atoms with van der Waals surface area (Å²) in [5, 5.41) is 12.7. The Kier molecular flexibility index (Phi) is 1.03. The molecule has 0 aliphatic carbocycles. The number of hydrogen-bond donors (Lipinski definition) is 1. The number of nitrogens with zero attached hydrogens (tertiary/aromatic N) is 2. The normalized spacial score (nSPS) is 18.5. The quantitative estimate of drug-likeness (QED) is 0.477. The van der Waals surface area contributed by atoms with Gasteiger partial charge in [0.2, 0.25) is 0 Å². The third-order valence-electron chi connectivity index (χ3n) is 0.656. The molecule has 0 aromatic carbocycles. The van der Waals surface area contributed by atoms with Gasteiger partial charge in [-0.15, -0.1) is 0 Å². The van der Waals surface area contributed by atoms with Gasteiger partial charge in [-0.1, -0.05) is 5.11 Å². The highest BCUT2D eigenvalue weighted by Gasteiger charge is 2.12. The van der Waals surface area contributed by atoms with Crippen molar-refractivity contribution in [2.24, 2.45) is 10.4 Å². The van der Waals surface area contributed by atoms with Gasteiger partial charge in [-0.2, -0.15) is 0 Å². The summed E-state index contributed by atoms with van der Waals surface area (Å²) >= 11 is 0. The van der Waals surface area contributed by atoms with Crippen LogP contribution in [0.2, 0.25) is 0 Å². The Morgan fingerprint density at radius 2 is 2.50 bits per heavy atom. The second kappa shape index (κ2) is 1.69. The lowest BCUT2D eigenvalue weighted by Gasteiger charge is -1.99. The summed E-state index contributed by atoms with van der Waals surface area (Å²) in [5.41, 5.74) is -0.153. The first-order chi connectivity index (χ1) is 3.80. The molecule has 0 saturated heterocycles. The van der Waals surface area contributed by atoms with E-state index >= 15 is 0 Å². The van der Waals surface area contributed by atoms with Crippen LogP contribution in [0.4, 0.5) is 0 Å². The molecular weight excluding hydrogens is 110 g/mol. The summed E-state index contributed by atoms with van der Waals surface area (Å²) in [6.07, 6.45) is 0. The summed E-state index contributed by atoms with van der Waals surface area (Å²) < 4.78 is 0. The first kappa shape index (κ1) is 4.89. The molecule has 1 heterocycles. The van der Waals surface area contributed by atoms with Crippen molar-refractivity contribution in [3.8, 4) is 0 Å². The molecule has 0 spiro atoms. The fourth-order valence-corrected chi connectivity index (χ4v) is 0.281. The minimum atomic E-state index is -0.615. The van der Waals surface area contributed by atoms with Gasteiger partial charge in [0.05, 0.1) is 0 Å². The van der Waals surface area contributed by atoms with E-state index in [2.05, 4.69) is 15.2 Å². The van der Waals surface area contributed by atoms with Gasteiger partial charge in [-0.25, -0.2) is 0 Å². The second-order valence-electron chi connectivity index (χ2n) is 1.24. The third kappa shape index (κ3) is 0.699. The van der Waals surface area contributed by atoms with Gasteiger partial charge < -0.3 is 4.84 Å². The predicted octanol–water partition coefficient (Wildman–Crippen LogP) is -0.0698. The maximum absolute atomic E-state index is 10.2. The molecule has 1 N–H and O–H groups in total. The van der Waals surface area contributed by atoms with E-state index in [9.17, 15) is 4.79 Å². The van der Waals surface area contributed by atoms with Crippen molar-refractivity contribution in [1.82, 2.24) is 0 Å². The van der Waals surface area contributed by atoms with Gasteiger partial charge >= 0.3 is 5.91 Å². The molecule has 0 radical (unpaired) electrons. The standard InChI is InChI=1S/C3H3N3O2/c4-2-1-8-6-5-3(2)7/h4H,1H2. The zero-order chi connectivity index (χ0) is 5.98. The maximum atomic E-state index is 10.2. The highest BCUT2D eigenvalue weighted by molar-refractivity contribution is 6.38. The van der Waals surface area contributed by atoms with Crippen molar-refractivity contribution in [3.63, 3.8) is 0 Å². The van der Waals surface area contributed by atoms with Gasteiger partial charge in [0.25, 0.3) is 0 Å². The Hall–Kier alpha value is -1.26. The molecule has 5 nitrogen and oxygen atoms in total. The zero-order valence-electron chi connectivity index (χ0n) is 3.92. The van der Waals surface area contributed by atoms with E-state index in [-0.39, 0.29) is 12.3 Å².